The van der Waals surface area contributed by atoms with Gasteiger partial charge in [-0.3, -0.25) is 19.4 Å². The lowest BCUT2D eigenvalue weighted by molar-refractivity contribution is 0.0980. The first-order chi connectivity index (χ1) is 9.60. The van der Waals surface area contributed by atoms with Gasteiger partial charge in [-0.2, -0.15) is 0 Å². The number of rotatable bonds is 2. The highest BCUT2D eigenvalue weighted by atomic mass is 16.5. The van der Waals surface area contributed by atoms with Crippen LogP contribution in [0.2, 0.25) is 0 Å². The number of hydrogen-bond acceptors (Lipinski definition) is 4. The maximum absolute atomic E-state index is 12.5. The van der Waals surface area contributed by atoms with Crippen molar-refractivity contribution in [2.75, 3.05) is 18.6 Å². The van der Waals surface area contributed by atoms with Crippen LogP contribution in [0.25, 0.3) is 0 Å². The number of aromatic nitrogens is 3. The van der Waals surface area contributed by atoms with Crippen molar-refractivity contribution in [1.29, 1.82) is 0 Å². The Morgan fingerprint density at radius 1 is 1.45 bits per heavy atom. The smallest absolute Gasteiger partial charge is 0.276 e. The molecular formula is C13H14N4O3. The molecule has 1 N–H and O–H groups in total. The maximum Gasteiger partial charge on any atom is 0.276 e. The molecule has 7 heteroatoms. The van der Waals surface area contributed by atoms with Crippen LogP contribution in [0.3, 0.4) is 0 Å². The van der Waals surface area contributed by atoms with Crippen molar-refractivity contribution in [2.45, 2.75) is 6.42 Å². The van der Waals surface area contributed by atoms with Gasteiger partial charge in [0.2, 0.25) is 5.88 Å². The summed E-state index contributed by atoms with van der Waals surface area (Å²) in [7, 11) is 3.19. The van der Waals surface area contributed by atoms with Gasteiger partial charge in [0.15, 0.2) is 0 Å². The fraction of sp³-hybridized carbons (Fsp3) is 0.308. The monoisotopic (exact) mass is 274 g/mol. The van der Waals surface area contributed by atoms with Crippen molar-refractivity contribution in [3.05, 3.63) is 39.9 Å². The van der Waals surface area contributed by atoms with Crippen LogP contribution in [0.15, 0.2) is 23.1 Å². The molecule has 1 aliphatic rings. The topological polar surface area (TPSA) is 80.2 Å². The largest absolute Gasteiger partial charge is 0.481 e. The molecule has 1 aliphatic heterocycles. The van der Waals surface area contributed by atoms with Gasteiger partial charge < -0.3 is 9.64 Å². The van der Waals surface area contributed by atoms with E-state index >= 15 is 0 Å². The molecular weight excluding hydrogens is 260 g/mol. The number of aromatic amines is 1. The minimum Gasteiger partial charge on any atom is -0.481 e. The molecule has 2 aromatic heterocycles. The van der Waals surface area contributed by atoms with Crippen molar-refractivity contribution in [2.24, 2.45) is 7.05 Å². The molecule has 0 atom stereocenters. The summed E-state index contributed by atoms with van der Waals surface area (Å²) in [6.45, 7) is 0.572. The van der Waals surface area contributed by atoms with Crippen LogP contribution in [-0.2, 0) is 13.5 Å². The Labute approximate surface area is 114 Å². The molecule has 20 heavy (non-hydrogen) atoms. The minimum atomic E-state index is -0.289. The summed E-state index contributed by atoms with van der Waals surface area (Å²) in [6.07, 6.45) is 2.38. The van der Waals surface area contributed by atoms with Gasteiger partial charge in [-0.15, -0.1) is 0 Å². The predicted octanol–water partition coefficient (Wildman–Crippen LogP) is 0.320. The number of nitrogens with one attached hydrogen (secondary N) is 1. The van der Waals surface area contributed by atoms with Crippen molar-refractivity contribution >= 4 is 11.6 Å². The molecule has 0 saturated carbocycles. The average Bonchev–Trinajstić information content (AvgIpc) is 3.00. The summed E-state index contributed by atoms with van der Waals surface area (Å²) in [5.74, 6) is 0.323. The first-order valence-corrected chi connectivity index (χ1v) is 6.21. The van der Waals surface area contributed by atoms with Crippen LogP contribution in [0.5, 0.6) is 5.88 Å². The molecule has 7 nitrogen and oxygen atoms in total. The normalized spacial score (nSPS) is 13.4. The van der Waals surface area contributed by atoms with Crippen LogP contribution < -0.4 is 15.2 Å². The van der Waals surface area contributed by atoms with Gasteiger partial charge in [-0.1, -0.05) is 0 Å². The second kappa shape index (κ2) is 4.52. The number of ether oxygens (including phenoxy) is 1. The van der Waals surface area contributed by atoms with E-state index in [0.29, 0.717) is 18.1 Å². The van der Waals surface area contributed by atoms with E-state index in [2.05, 4.69) is 10.1 Å². The van der Waals surface area contributed by atoms with Crippen LogP contribution >= 0.6 is 0 Å². The van der Waals surface area contributed by atoms with E-state index in [1.165, 1.54) is 10.7 Å². The van der Waals surface area contributed by atoms with Gasteiger partial charge in [0.25, 0.3) is 11.5 Å². The lowest BCUT2D eigenvalue weighted by Gasteiger charge is -2.17. The Morgan fingerprint density at radius 3 is 2.90 bits per heavy atom. The molecule has 3 rings (SSSR count). The first-order valence-electron chi connectivity index (χ1n) is 6.21. The third-order valence-corrected chi connectivity index (χ3v) is 3.42. The fourth-order valence-electron chi connectivity index (χ4n) is 2.41. The molecule has 0 spiro atoms. The number of carbonyl (C=O) groups excluding carboxylic acids is 1. The Bertz CT molecular complexity index is 731. The number of nitrogens with zero attached hydrogens (tertiary/aromatic N) is 3. The van der Waals surface area contributed by atoms with Crippen LogP contribution in [0.4, 0.5) is 5.69 Å². The first kappa shape index (κ1) is 12.5. The number of pyridine rings is 1. The van der Waals surface area contributed by atoms with Crippen LogP contribution in [0, 0.1) is 0 Å². The Balaban J connectivity index is 1.97. The summed E-state index contributed by atoms with van der Waals surface area (Å²) in [5.41, 5.74) is 1.83. The molecule has 0 aromatic carbocycles. The number of methoxy groups -OCH3 is 1. The second-order valence-corrected chi connectivity index (χ2v) is 4.63. The minimum absolute atomic E-state index is 0.212. The lowest BCUT2D eigenvalue weighted by atomic mass is 10.2. The van der Waals surface area contributed by atoms with Crippen LogP contribution in [-0.4, -0.2) is 34.3 Å². The molecule has 2 aromatic rings. The molecule has 0 unspecified atom stereocenters. The summed E-state index contributed by atoms with van der Waals surface area (Å²) in [5, 5.41) is 2.53. The summed E-state index contributed by atoms with van der Waals surface area (Å²) in [6, 6.07) is 3.13. The number of aryl methyl sites for hydroxylation is 1. The summed E-state index contributed by atoms with van der Waals surface area (Å²) >= 11 is 0. The third kappa shape index (κ3) is 1.87. The molecule has 0 radical (unpaired) electrons. The van der Waals surface area contributed by atoms with E-state index in [-0.39, 0.29) is 11.5 Å². The third-order valence-electron chi connectivity index (χ3n) is 3.42. The van der Waals surface area contributed by atoms with Gasteiger partial charge in [0.05, 0.1) is 19.0 Å². The molecule has 0 saturated heterocycles. The molecule has 104 valence electrons. The zero-order valence-corrected chi connectivity index (χ0v) is 11.2. The van der Waals surface area contributed by atoms with Gasteiger partial charge in [0, 0.05) is 25.7 Å². The Morgan fingerprint density at radius 2 is 2.25 bits per heavy atom. The highest BCUT2D eigenvalue weighted by Crippen LogP contribution is 2.30. The van der Waals surface area contributed by atoms with Crippen LogP contribution in [0.1, 0.15) is 16.1 Å². The molecule has 0 aliphatic carbocycles. The number of carbonyl (C=O) groups is 1. The maximum atomic E-state index is 12.5. The van der Waals surface area contributed by atoms with E-state index in [4.69, 9.17) is 4.74 Å². The average molecular weight is 274 g/mol. The Hall–Kier alpha value is -2.57. The second-order valence-electron chi connectivity index (χ2n) is 4.63. The van der Waals surface area contributed by atoms with Gasteiger partial charge >= 0.3 is 0 Å². The zero-order valence-electron chi connectivity index (χ0n) is 11.2. The van der Waals surface area contributed by atoms with Crippen molar-refractivity contribution in [3.63, 3.8) is 0 Å². The van der Waals surface area contributed by atoms with Crippen molar-refractivity contribution in [1.82, 2.24) is 14.8 Å². The Kier molecular flexibility index (Phi) is 2.81. The quantitative estimate of drug-likeness (QED) is 0.855. The van der Waals surface area contributed by atoms with Gasteiger partial charge in [-0.25, -0.2) is 4.98 Å². The molecule has 0 bridgehead atoms. The number of anilines is 1. The fourth-order valence-corrected chi connectivity index (χ4v) is 2.41. The zero-order chi connectivity index (χ0) is 14.3. The molecule has 0 fully saturated rings. The van der Waals surface area contributed by atoms with E-state index < -0.39 is 0 Å². The SMILES string of the molecule is COc1cc2c(cn1)N(C(=O)c1cc(=O)[nH]n1C)CC2. The van der Waals surface area contributed by atoms with E-state index in [1.54, 1.807) is 25.3 Å². The number of fused-ring (bicyclic) bond motifs is 1. The van der Waals surface area contributed by atoms with Crippen molar-refractivity contribution < 1.29 is 9.53 Å². The molecule has 3 heterocycles. The van der Waals surface area contributed by atoms with E-state index in [1.807, 2.05) is 6.07 Å². The van der Waals surface area contributed by atoms with E-state index in [9.17, 15) is 9.59 Å². The van der Waals surface area contributed by atoms with Gasteiger partial charge in [0.1, 0.15) is 5.69 Å². The number of hydrogen-bond donors (Lipinski definition) is 1. The highest BCUT2D eigenvalue weighted by molar-refractivity contribution is 6.06. The standard InChI is InChI=1S/C13H14N4O3/c1-16-9(6-11(18)15-16)13(19)17-4-3-8-5-12(20-2)14-7-10(8)17/h5-7H,3-4H2,1-2H3,(H,15,18). The predicted molar refractivity (Wildman–Crippen MR) is 72.2 cm³/mol. The lowest BCUT2D eigenvalue weighted by Crippen LogP contribution is -2.30. The number of amides is 1. The van der Waals surface area contributed by atoms with Gasteiger partial charge in [-0.05, 0) is 12.0 Å². The van der Waals surface area contributed by atoms with Crippen molar-refractivity contribution in [3.8, 4) is 5.88 Å². The summed E-state index contributed by atoms with van der Waals surface area (Å²) in [4.78, 5) is 29.5. The van der Waals surface area contributed by atoms with E-state index in [0.717, 1.165) is 17.7 Å². The summed E-state index contributed by atoms with van der Waals surface area (Å²) < 4.78 is 6.51. The number of H-pyrrole nitrogens is 1. The highest BCUT2D eigenvalue weighted by Gasteiger charge is 2.28. The molecule has 1 amide bonds.